The van der Waals surface area contributed by atoms with Crippen LogP contribution in [0.5, 0.6) is 0 Å². The van der Waals surface area contributed by atoms with Crippen molar-refractivity contribution in [1.82, 2.24) is 14.8 Å². The van der Waals surface area contributed by atoms with Crippen LogP contribution in [0.15, 0.2) is 24.5 Å². The third-order valence-electron chi connectivity index (χ3n) is 2.30. The molecule has 0 unspecified atom stereocenters. The number of hydrogen-bond donors (Lipinski definition) is 2. The maximum atomic E-state index is 11.9. The molecule has 0 saturated heterocycles. The molecule has 0 aliphatic carbocycles. The summed E-state index contributed by atoms with van der Waals surface area (Å²) in [7, 11) is 0. The number of amides is 1. The molecule has 7 heteroatoms. The molecule has 2 aromatic heterocycles. The highest BCUT2D eigenvalue weighted by atomic mass is 35.5. The number of pyridine rings is 1. The first kappa shape index (κ1) is 12.4. The first-order chi connectivity index (χ1) is 8.60. The Morgan fingerprint density at radius 1 is 1.56 bits per heavy atom. The van der Waals surface area contributed by atoms with Gasteiger partial charge >= 0.3 is 0 Å². The number of nitrogens with one attached hydrogen (secondary N) is 1. The highest BCUT2D eigenvalue weighted by Gasteiger charge is 2.14. The van der Waals surface area contributed by atoms with Crippen molar-refractivity contribution in [1.29, 1.82) is 0 Å². The fourth-order valence-electron chi connectivity index (χ4n) is 1.40. The minimum Gasteiger partial charge on any atom is -0.396 e. The Morgan fingerprint density at radius 3 is 2.89 bits per heavy atom. The van der Waals surface area contributed by atoms with Gasteiger partial charge in [-0.1, -0.05) is 11.6 Å². The first-order valence-electron chi connectivity index (χ1n) is 5.36. The van der Waals surface area contributed by atoms with Gasteiger partial charge in [0.05, 0.1) is 10.7 Å². The number of aryl methyl sites for hydroxylation is 1. The number of aromatic nitrogens is 3. The molecule has 2 aromatic rings. The standard InChI is InChI=1S/C11H12ClN5O/c1-2-17-6-8(13)10(16-17)11(18)15-9-4-3-7(12)5-14-9/h3-6H,2,13H2,1H3,(H,14,15,18). The second-order valence-electron chi connectivity index (χ2n) is 3.60. The molecule has 0 saturated carbocycles. The van der Waals surface area contributed by atoms with Crippen LogP contribution >= 0.6 is 11.6 Å². The number of nitrogens with two attached hydrogens (primary N) is 1. The number of carbonyl (C=O) groups is 1. The molecule has 0 spiro atoms. The van der Waals surface area contributed by atoms with Crippen LogP contribution in [0.25, 0.3) is 0 Å². The number of nitrogen functional groups attached to an aromatic ring is 1. The van der Waals surface area contributed by atoms with E-state index in [4.69, 9.17) is 17.3 Å². The molecule has 1 amide bonds. The smallest absolute Gasteiger partial charge is 0.279 e. The zero-order valence-electron chi connectivity index (χ0n) is 9.72. The molecule has 0 aromatic carbocycles. The van der Waals surface area contributed by atoms with Crippen molar-refractivity contribution in [3.8, 4) is 0 Å². The minimum atomic E-state index is -0.394. The van der Waals surface area contributed by atoms with Gasteiger partial charge in [0.1, 0.15) is 5.82 Å². The van der Waals surface area contributed by atoms with Crippen LogP contribution in [-0.2, 0) is 6.54 Å². The molecule has 2 heterocycles. The second kappa shape index (κ2) is 5.05. The van der Waals surface area contributed by atoms with Crippen molar-refractivity contribution in [2.24, 2.45) is 0 Å². The fraction of sp³-hybridized carbons (Fsp3) is 0.182. The molecule has 0 aliphatic rings. The Balaban J connectivity index is 2.16. The Hall–Kier alpha value is -2.08. The molecule has 0 atom stereocenters. The van der Waals surface area contributed by atoms with Gasteiger partial charge in [0, 0.05) is 18.9 Å². The van der Waals surface area contributed by atoms with Gasteiger partial charge in [-0.15, -0.1) is 0 Å². The summed E-state index contributed by atoms with van der Waals surface area (Å²) < 4.78 is 1.60. The van der Waals surface area contributed by atoms with Crippen LogP contribution < -0.4 is 11.1 Å². The lowest BCUT2D eigenvalue weighted by Crippen LogP contribution is -2.15. The molecule has 0 bridgehead atoms. The van der Waals surface area contributed by atoms with Gasteiger partial charge in [-0.05, 0) is 19.1 Å². The number of carbonyl (C=O) groups excluding carboxylic acids is 1. The topological polar surface area (TPSA) is 85.8 Å². The molecule has 3 N–H and O–H groups in total. The molecular formula is C11H12ClN5O. The van der Waals surface area contributed by atoms with Gasteiger partial charge < -0.3 is 11.1 Å². The summed E-state index contributed by atoms with van der Waals surface area (Å²) in [6, 6.07) is 3.24. The van der Waals surface area contributed by atoms with Crippen molar-refractivity contribution in [3.63, 3.8) is 0 Å². The molecule has 6 nitrogen and oxygen atoms in total. The normalized spacial score (nSPS) is 10.3. The largest absolute Gasteiger partial charge is 0.396 e. The van der Waals surface area contributed by atoms with Gasteiger partial charge in [0.25, 0.3) is 5.91 Å². The van der Waals surface area contributed by atoms with E-state index in [0.29, 0.717) is 23.1 Å². The van der Waals surface area contributed by atoms with Crippen molar-refractivity contribution in [3.05, 3.63) is 35.2 Å². The average molecular weight is 266 g/mol. The van der Waals surface area contributed by atoms with Crippen molar-refractivity contribution in [2.75, 3.05) is 11.1 Å². The summed E-state index contributed by atoms with van der Waals surface area (Å²) >= 11 is 5.70. The summed E-state index contributed by atoms with van der Waals surface area (Å²) in [4.78, 5) is 15.9. The van der Waals surface area contributed by atoms with Gasteiger partial charge in [-0.25, -0.2) is 4.98 Å². The lowest BCUT2D eigenvalue weighted by atomic mass is 10.3. The zero-order chi connectivity index (χ0) is 13.1. The van der Waals surface area contributed by atoms with Gasteiger partial charge in [-0.3, -0.25) is 9.48 Å². The molecule has 0 radical (unpaired) electrons. The molecule has 18 heavy (non-hydrogen) atoms. The lowest BCUT2D eigenvalue weighted by molar-refractivity contribution is 0.102. The van der Waals surface area contributed by atoms with E-state index < -0.39 is 5.91 Å². The van der Waals surface area contributed by atoms with E-state index >= 15 is 0 Å². The van der Waals surface area contributed by atoms with Crippen LogP contribution in [0, 0.1) is 0 Å². The summed E-state index contributed by atoms with van der Waals surface area (Å²) in [6.07, 6.45) is 3.06. The zero-order valence-corrected chi connectivity index (χ0v) is 10.5. The van der Waals surface area contributed by atoms with Gasteiger partial charge in [0.15, 0.2) is 5.69 Å². The number of hydrogen-bond acceptors (Lipinski definition) is 4. The lowest BCUT2D eigenvalue weighted by Gasteiger charge is -2.02. The molecule has 2 rings (SSSR count). The SMILES string of the molecule is CCn1cc(N)c(C(=O)Nc2ccc(Cl)cn2)n1. The maximum absolute atomic E-state index is 11.9. The van der Waals surface area contributed by atoms with E-state index in [0.717, 1.165) is 0 Å². The van der Waals surface area contributed by atoms with E-state index in [1.165, 1.54) is 6.20 Å². The predicted molar refractivity (Wildman–Crippen MR) is 69.5 cm³/mol. The van der Waals surface area contributed by atoms with E-state index in [9.17, 15) is 4.79 Å². The summed E-state index contributed by atoms with van der Waals surface area (Å²) in [5.74, 6) is 0.00405. The molecule has 0 aliphatic heterocycles. The Bertz CT molecular complexity index is 563. The Labute approximate surface area is 109 Å². The van der Waals surface area contributed by atoms with Crippen LogP contribution in [0.1, 0.15) is 17.4 Å². The van der Waals surface area contributed by atoms with E-state index in [1.807, 2.05) is 6.92 Å². The first-order valence-corrected chi connectivity index (χ1v) is 5.73. The molecule has 0 fully saturated rings. The number of rotatable bonds is 3. The van der Waals surface area contributed by atoms with Gasteiger partial charge in [0.2, 0.25) is 0 Å². The van der Waals surface area contributed by atoms with Crippen molar-refractivity contribution >= 4 is 29.0 Å². The predicted octanol–water partition coefficient (Wildman–Crippen LogP) is 1.79. The molecular weight excluding hydrogens is 254 g/mol. The van der Waals surface area contributed by atoms with Crippen LogP contribution in [0.2, 0.25) is 5.02 Å². The highest BCUT2D eigenvalue weighted by molar-refractivity contribution is 6.30. The number of halogens is 1. The number of nitrogens with zero attached hydrogens (tertiary/aromatic N) is 3. The quantitative estimate of drug-likeness (QED) is 0.886. The van der Waals surface area contributed by atoms with E-state index in [2.05, 4.69) is 15.4 Å². The highest BCUT2D eigenvalue weighted by Crippen LogP contribution is 2.13. The van der Waals surface area contributed by atoms with E-state index in [1.54, 1.807) is 23.0 Å². The van der Waals surface area contributed by atoms with E-state index in [-0.39, 0.29) is 5.69 Å². The maximum Gasteiger partial charge on any atom is 0.279 e. The van der Waals surface area contributed by atoms with Crippen LogP contribution in [0.3, 0.4) is 0 Å². The second-order valence-corrected chi connectivity index (χ2v) is 4.04. The fourth-order valence-corrected chi connectivity index (χ4v) is 1.51. The minimum absolute atomic E-state index is 0.189. The summed E-state index contributed by atoms with van der Waals surface area (Å²) in [5, 5.41) is 7.17. The Morgan fingerprint density at radius 2 is 2.33 bits per heavy atom. The molecule has 94 valence electrons. The monoisotopic (exact) mass is 265 g/mol. The van der Waals surface area contributed by atoms with Crippen LogP contribution in [0.4, 0.5) is 11.5 Å². The number of anilines is 2. The third kappa shape index (κ3) is 2.60. The average Bonchev–Trinajstić information content (AvgIpc) is 2.73. The van der Waals surface area contributed by atoms with Crippen molar-refractivity contribution < 1.29 is 4.79 Å². The summed E-state index contributed by atoms with van der Waals surface area (Å²) in [5.41, 5.74) is 6.23. The Kier molecular flexibility index (Phi) is 3.47. The third-order valence-corrected chi connectivity index (χ3v) is 2.52. The van der Waals surface area contributed by atoms with Crippen LogP contribution in [-0.4, -0.2) is 20.7 Å². The van der Waals surface area contributed by atoms with Gasteiger partial charge in [-0.2, -0.15) is 5.10 Å². The summed E-state index contributed by atoms with van der Waals surface area (Å²) in [6.45, 7) is 2.56. The van der Waals surface area contributed by atoms with Crippen molar-refractivity contribution in [2.45, 2.75) is 13.5 Å².